The van der Waals surface area contributed by atoms with E-state index in [1.165, 1.54) is 17.0 Å². The predicted molar refractivity (Wildman–Crippen MR) is 82.6 cm³/mol. The Kier molecular flexibility index (Phi) is 5.01. The van der Waals surface area contributed by atoms with Crippen LogP contribution in [0.3, 0.4) is 0 Å². The monoisotopic (exact) mass is 310 g/mol. The molecule has 0 saturated carbocycles. The SMILES string of the molecule is Cc1ncsc1CCOc1cc(OC(C)C)c(F)cc1N. The van der Waals surface area contributed by atoms with E-state index in [9.17, 15) is 4.39 Å². The van der Waals surface area contributed by atoms with Gasteiger partial charge in [-0.25, -0.2) is 9.37 Å². The summed E-state index contributed by atoms with van der Waals surface area (Å²) in [5.74, 6) is 0.115. The zero-order valence-corrected chi connectivity index (χ0v) is 13.2. The molecule has 2 rings (SSSR count). The third-order valence-corrected chi connectivity index (χ3v) is 3.85. The number of aromatic nitrogens is 1. The highest BCUT2D eigenvalue weighted by atomic mass is 32.1. The first-order valence-electron chi connectivity index (χ1n) is 6.74. The Morgan fingerprint density at radius 2 is 2.10 bits per heavy atom. The van der Waals surface area contributed by atoms with Gasteiger partial charge in [-0.15, -0.1) is 11.3 Å². The Balaban J connectivity index is 2.03. The van der Waals surface area contributed by atoms with Crippen LogP contribution in [0.2, 0.25) is 0 Å². The smallest absolute Gasteiger partial charge is 0.167 e. The molecule has 0 aliphatic heterocycles. The van der Waals surface area contributed by atoms with Crippen molar-refractivity contribution in [2.24, 2.45) is 0 Å². The summed E-state index contributed by atoms with van der Waals surface area (Å²) in [6, 6.07) is 2.73. The van der Waals surface area contributed by atoms with Crippen molar-refractivity contribution in [3.05, 3.63) is 34.0 Å². The summed E-state index contributed by atoms with van der Waals surface area (Å²) in [5, 5.41) is 0. The number of nitrogens with two attached hydrogens (primary N) is 1. The van der Waals surface area contributed by atoms with E-state index >= 15 is 0 Å². The molecule has 0 bridgehead atoms. The first-order valence-corrected chi connectivity index (χ1v) is 7.62. The fraction of sp³-hybridized carbons (Fsp3) is 0.400. The van der Waals surface area contributed by atoms with Crippen LogP contribution in [0.4, 0.5) is 10.1 Å². The van der Waals surface area contributed by atoms with E-state index < -0.39 is 5.82 Å². The number of hydrogen-bond acceptors (Lipinski definition) is 5. The number of benzene rings is 1. The summed E-state index contributed by atoms with van der Waals surface area (Å²) >= 11 is 1.60. The van der Waals surface area contributed by atoms with Gasteiger partial charge in [0.2, 0.25) is 0 Å². The molecule has 6 heteroatoms. The zero-order chi connectivity index (χ0) is 15.4. The van der Waals surface area contributed by atoms with Crippen molar-refractivity contribution in [2.45, 2.75) is 33.3 Å². The fourth-order valence-electron chi connectivity index (χ4n) is 1.84. The molecule has 2 aromatic rings. The Morgan fingerprint density at radius 3 is 2.71 bits per heavy atom. The second kappa shape index (κ2) is 6.76. The van der Waals surface area contributed by atoms with Gasteiger partial charge in [0.25, 0.3) is 0 Å². The Labute approximate surface area is 127 Å². The van der Waals surface area contributed by atoms with Gasteiger partial charge in [-0.3, -0.25) is 0 Å². The molecule has 1 aromatic carbocycles. The first-order chi connectivity index (χ1) is 9.97. The Bertz CT molecular complexity index is 614. The van der Waals surface area contributed by atoms with Crippen molar-refractivity contribution in [3.8, 4) is 11.5 Å². The average Bonchev–Trinajstić information content (AvgIpc) is 2.80. The second-order valence-corrected chi connectivity index (χ2v) is 5.89. The summed E-state index contributed by atoms with van der Waals surface area (Å²) < 4.78 is 24.8. The maximum absolute atomic E-state index is 13.7. The van der Waals surface area contributed by atoms with E-state index in [0.29, 0.717) is 12.4 Å². The Hall–Kier alpha value is -1.82. The fourth-order valence-corrected chi connectivity index (χ4v) is 2.60. The zero-order valence-electron chi connectivity index (χ0n) is 12.4. The third-order valence-electron chi connectivity index (χ3n) is 2.86. The van der Waals surface area contributed by atoms with E-state index in [-0.39, 0.29) is 17.5 Å². The quantitative estimate of drug-likeness (QED) is 0.829. The normalized spacial score (nSPS) is 10.9. The van der Waals surface area contributed by atoms with Gasteiger partial charge in [0.05, 0.1) is 29.6 Å². The predicted octanol–water partition coefficient (Wildman–Crippen LogP) is 3.58. The molecule has 0 aliphatic rings. The van der Waals surface area contributed by atoms with Crippen LogP contribution in [0.1, 0.15) is 24.4 Å². The summed E-state index contributed by atoms with van der Waals surface area (Å²) in [7, 11) is 0. The second-order valence-electron chi connectivity index (χ2n) is 4.95. The number of rotatable bonds is 6. The van der Waals surface area contributed by atoms with Crippen molar-refractivity contribution in [3.63, 3.8) is 0 Å². The van der Waals surface area contributed by atoms with Crippen LogP contribution in [0.25, 0.3) is 0 Å². The van der Waals surface area contributed by atoms with Gasteiger partial charge in [0, 0.05) is 23.4 Å². The number of nitrogen functional groups attached to an aromatic ring is 1. The molecule has 0 spiro atoms. The highest BCUT2D eigenvalue weighted by Crippen LogP contribution is 2.31. The summed E-state index contributed by atoms with van der Waals surface area (Å²) in [6.07, 6.45) is 0.629. The molecule has 21 heavy (non-hydrogen) atoms. The van der Waals surface area contributed by atoms with Crippen molar-refractivity contribution in [1.29, 1.82) is 0 Å². The number of thiazole rings is 1. The van der Waals surface area contributed by atoms with E-state index in [4.69, 9.17) is 15.2 Å². The molecule has 0 atom stereocenters. The minimum Gasteiger partial charge on any atom is -0.491 e. The van der Waals surface area contributed by atoms with Crippen molar-refractivity contribution < 1.29 is 13.9 Å². The number of nitrogens with zero attached hydrogens (tertiary/aromatic N) is 1. The lowest BCUT2D eigenvalue weighted by Crippen LogP contribution is -2.09. The van der Waals surface area contributed by atoms with Crippen LogP contribution < -0.4 is 15.2 Å². The molecular weight excluding hydrogens is 291 g/mol. The molecular formula is C15H19FN2O2S. The number of anilines is 1. The molecule has 1 heterocycles. The van der Waals surface area contributed by atoms with Gasteiger partial charge in [-0.1, -0.05) is 0 Å². The Morgan fingerprint density at radius 1 is 1.33 bits per heavy atom. The summed E-state index contributed by atoms with van der Waals surface area (Å²) in [4.78, 5) is 5.36. The van der Waals surface area contributed by atoms with Crippen LogP contribution in [0, 0.1) is 12.7 Å². The first kappa shape index (κ1) is 15.6. The maximum Gasteiger partial charge on any atom is 0.167 e. The van der Waals surface area contributed by atoms with Crippen molar-refractivity contribution in [1.82, 2.24) is 4.98 Å². The van der Waals surface area contributed by atoms with Crippen molar-refractivity contribution >= 4 is 17.0 Å². The number of hydrogen-bond donors (Lipinski definition) is 1. The lowest BCUT2D eigenvalue weighted by Gasteiger charge is -2.14. The van der Waals surface area contributed by atoms with Gasteiger partial charge in [-0.05, 0) is 20.8 Å². The molecule has 114 valence electrons. The minimum absolute atomic E-state index is 0.115. The lowest BCUT2D eigenvalue weighted by molar-refractivity contribution is 0.229. The summed E-state index contributed by atoms with van der Waals surface area (Å²) in [5.41, 5.74) is 8.87. The van der Waals surface area contributed by atoms with Crippen LogP contribution in [0.15, 0.2) is 17.6 Å². The lowest BCUT2D eigenvalue weighted by atomic mass is 10.2. The van der Waals surface area contributed by atoms with Crippen LogP contribution in [-0.2, 0) is 6.42 Å². The molecule has 0 aliphatic carbocycles. The van der Waals surface area contributed by atoms with Crippen molar-refractivity contribution in [2.75, 3.05) is 12.3 Å². The number of aryl methyl sites for hydroxylation is 1. The largest absolute Gasteiger partial charge is 0.491 e. The van der Waals surface area contributed by atoms with Gasteiger partial charge in [0.15, 0.2) is 11.6 Å². The summed E-state index contributed by atoms with van der Waals surface area (Å²) in [6.45, 7) is 6.10. The van der Waals surface area contributed by atoms with E-state index in [1.807, 2.05) is 26.3 Å². The topological polar surface area (TPSA) is 57.4 Å². The van der Waals surface area contributed by atoms with Crippen LogP contribution >= 0.6 is 11.3 Å². The minimum atomic E-state index is -0.480. The van der Waals surface area contributed by atoms with E-state index in [0.717, 1.165) is 12.1 Å². The molecule has 0 unspecified atom stereocenters. The third kappa shape index (κ3) is 4.07. The highest BCUT2D eigenvalue weighted by molar-refractivity contribution is 7.09. The van der Waals surface area contributed by atoms with Crippen LogP contribution in [-0.4, -0.2) is 17.7 Å². The number of ether oxygens (including phenoxy) is 2. The van der Waals surface area contributed by atoms with Gasteiger partial charge in [-0.2, -0.15) is 0 Å². The molecule has 0 radical (unpaired) electrons. The number of halogens is 1. The van der Waals surface area contributed by atoms with Crippen LogP contribution in [0.5, 0.6) is 11.5 Å². The molecule has 1 aromatic heterocycles. The van der Waals surface area contributed by atoms with Gasteiger partial charge < -0.3 is 15.2 Å². The standard InChI is InChI=1S/C15H19FN2O2S/c1-9(2)20-13-7-14(12(17)6-11(13)16)19-5-4-15-10(3)18-8-21-15/h6-9H,4-5,17H2,1-3H3. The molecule has 0 fully saturated rings. The van der Waals surface area contributed by atoms with E-state index in [1.54, 1.807) is 11.3 Å². The average molecular weight is 310 g/mol. The van der Waals surface area contributed by atoms with E-state index in [2.05, 4.69) is 4.98 Å². The maximum atomic E-state index is 13.7. The highest BCUT2D eigenvalue weighted by Gasteiger charge is 2.12. The molecule has 0 amide bonds. The molecule has 0 saturated heterocycles. The van der Waals surface area contributed by atoms with Gasteiger partial charge in [0.1, 0.15) is 5.75 Å². The molecule has 2 N–H and O–H groups in total. The van der Waals surface area contributed by atoms with Gasteiger partial charge >= 0.3 is 0 Å². The molecule has 4 nitrogen and oxygen atoms in total.